The van der Waals surface area contributed by atoms with Gasteiger partial charge in [-0.2, -0.15) is 0 Å². The van der Waals surface area contributed by atoms with Crippen molar-refractivity contribution in [3.8, 4) is 0 Å². The predicted molar refractivity (Wildman–Crippen MR) is 116 cm³/mol. The number of carbonyl (C=O) groups is 1. The molecule has 1 N–H and O–H groups in total. The first-order chi connectivity index (χ1) is 15.4. The van der Waals surface area contributed by atoms with Crippen LogP contribution in [0.5, 0.6) is 0 Å². The van der Waals surface area contributed by atoms with Crippen molar-refractivity contribution in [1.82, 2.24) is 28.7 Å². The molecule has 0 atom stereocenters. The highest BCUT2D eigenvalue weighted by atomic mass is 16.5. The van der Waals surface area contributed by atoms with Gasteiger partial charge >= 0.3 is 11.7 Å². The van der Waals surface area contributed by atoms with E-state index in [0.29, 0.717) is 29.6 Å². The molecule has 0 saturated carbocycles. The van der Waals surface area contributed by atoms with E-state index in [1.54, 1.807) is 29.8 Å². The summed E-state index contributed by atoms with van der Waals surface area (Å²) in [6.45, 7) is 0.288. The maximum Gasteiger partial charge on any atom is 0.332 e. The fourth-order valence-corrected chi connectivity index (χ4v) is 3.55. The first kappa shape index (κ1) is 21.2. The number of aryl methyl sites for hydroxylation is 2. The number of aromatic amines is 1. The van der Waals surface area contributed by atoms with Crippen molar-refractivity contribution >= 4 is 28.0 Å². The highest BCUT2D eigenvalue weighted by molar-refractivity contribution is 5.77. The number of fused-ring (bicyclic) bond motifs is 2. The number of nitrogens with one attached hydrogen (secondary N) is 1. The number of benzene rings is 1. The molecule has 0 aliphatic carbocycles. The number of aromatic nitrogens is 6. The van der Waals surface area contributed by atoms with Crippen LogP contribution in [0.1, 0.15) is 18.7 Å². The number of esters is 1. The lowest BCUT2D eigenvalue weighted by atomic mass is 10.2. The van der Waals surface area contributed by atoms with E-state index >= 15 is 0 Å². The second-order valence-corrected chi connectivity index (χ2v) is 7.42. The second kappa shape index (κ2) is 8.61. The fourth-order valence-electron chi connectivity index (χ4n) is 3.55. The highest BCUT2D eigenvalue weighted by Crippen LogP contribution is 2.08. The molecule has 4 aromatic rings. The van der Waals surface area contributed by atoms with E-state index in [0.717, 1.165) is 4.57 Å². The molecule has 0 saturated heterocycles. The van der Waals surface area contributed by atoms with Crippen LogP contribution in [-0.2, 0) is 36.6 Å². The normalized spacial score (nSPS) is 11.3. The van der Waals surface area contributed by atoms with Gasteiger partial charge in [-0.3, -0.25) is 23.5 Å². The molecule has 0 spiro atoms. The molecule has 32 heavy (non-hydrogen) atoms. The van der Waals surface area contributed by atoms with E-state index in [9.17, 15) is 19.2 Å². The molecule has 0 aliphatic rings. The number of nitrogens with zero attached hydrogens (tertiary/aromatic N) is 5. The smallest absolute Gasteiger partial charge is 0.332 e. The van der Waals surface area contributed by atoms with Gasteiger partial charge in [0.05, 0.1) is 23.8 Å². The zero-order chi connectivity index (χ0) is 22.8. The lowest BCUT2D eigenvalue weighted by molar-refractivity contribution is -0.144. The predicted octanol–water partition coefficient (Wildman–Crippen LogP) is 0.236. The van der Waals surface area contributed by atoms with Crippen molar-refractivity contribution in [2.75, 3.05) is 6.61 Å². The van der Waals surface area contributed by atoms with E-state index in [4.69, 9.17) is 4.74 Å². The Morgan fingerprint density at radius 2 is 1.91 bits per heavy atom. The Balaban J connectivity index is 1.32. The van der Waals surface area contributed by atoms with Crippen molar-refractivity contribution in [3.05, 3.63) is 67.6 Å². The third-order valence-electron chi connectivity index (χ3n) is 5.27. The second-order valence-electron chi connectivity index (χ2n) is 7.42. The molecule has 0 amide bonds. The molecule has 11 nitrogen and oxygen atoms in total. The third kappa shape index (κ3) is 3.96. The van der Waals surface area contributed by atoms with Crippen LogP contribution in [0.2, 0.25) is 0 Å². The minimum Gasteiger partial charge on any atom is -0.464 e. The Hall–Kier alpha value is -4.02. The molecule has 3 aromatic heterocycles. The van der Waals surface area contributed by atoms with Gasteiger partial charge in [-0.05, 0) is 18.6 Å². The maximum absolute atomic E-state index is 12.4. The number of para-hydroxylation sites is 1. The number of rotatable bonds is 7. The van der Waals surface area contributed by atoms with Crippen LogP contribution in [0.25, 0.3) is 22.1 Å². The number of imidazole rings is 1. The van der Waals surface area contributed by atoms with Crippen molar-refractivity contribution in [3.63, 3.8) is 0 Å². The van der Waals surface area contributed by atoms with Crippen LogP contribution in [0.4, 0.5) is 0 Å². The number of hydrogen-bond donors (Lipinski definition) is 1. The van der Waals surface area contributed by atoms with Gasteiger partial charge in [0.15, 0.2) is 11.2 Å². The first-order valence-electron chi connectivity index (χ1n) is 10.1. The molecule has 0 aliphatic heterocycles. The maximum atomic E-state index is 12.4. The summed E-state index contributed by atoms with van der Waals surface area (Å²) in [6, 6.07) is 7.07. The quantitative estimate of drug-likeness (QED) is 0.408. The van der Waals surface area contributed by atoms with Crippen LogP contribution < -0.4 is 16.8 Å². The van der Waals surface area contributed by atoms with Crippen LogP contribution in [0.15, 0.2) is 45.0 Å². The summed E-state index contributed by atoms with van der Waals surface area (Å²) in [7, 11) is 2.94. The monoisotopic (exact) mass is 438 g/mol. The van der Waals surface area contributed by atoms with E-state index in [-0.39, 0.29) is 36.3 Å². The Labute approximate surface area is 180 Å². The van der Waals surface area contributed by atoms with Gasteiger partial charge in [0.2, 0.25) is 0 Å². The summed E-state index contributed by atoms with van der Waals surface area (Å²) in [5.41, 5.74) is 0.0536. The fraction of sp³-hybridized carbons (Fsp3) is 0.333. The van der Waals surface area contributed by atoms with Crippen LogP contribution >= 0.6 is 0 Å². The molecule has 0 fully saturated rings. The first-order valence-corrected chi connectivity index (χ1v) is 10.1. The van der Waals surface area contributed by atoms with Gasteiger partial charge < -0.3 is 14.3 Å². The third-order valence-corrected chi connectivity index (χ3v) is 5.27. The molecule has 0 radical (unpaired) electrons. The van der Waals surface area contributed by atoms with Gasteiger partial charge in [0.1, 0.15) is 12.4 Å². The Kier molecular flexibility index (Phi) is 5.71. The molecule has 0 bridgehead atoms. The van der Waals surface area contributed by atoms with Crippen molar-refractivity contribution in [2.45, 2.75) is 25.8 Å². The average molecular weight is 438 g/mol. The van der Waals surface area contributed by atoms with Crippen molar-refractivity contribution in [1.29, 1.82) is 0 Å². The molecular formula is C21H22N6O5. The Morgan fingerprint density at radius 1 is 1.12 bits per heavy atom. The SMILES string of the molecule is Cn1c(=O)c2c(ncn2CCOC(=O)CCCc2nc3ccccc3c(=O)[nH]2)n(C)c1=O. The number of ether oxygens (including phenoxy) is 1. The van der Waals surface area contributed by atoms with E-state index < -0.39 is 17.2 Å². The van der Waals surface area contributed by atoms with Crippen molar-refractivity contribution in [2.24, 2.45) is 14.1 Å². The minimum absolute atomic E-state index is 0.0569. The molecule has 4 rings (SSSR count). The van der Waals surface area contributed by atoms with E-state index in [2.05, 4.69) is 15.0 Å². The summed E-state index contributed by atoms with van der Waals surface area (Å²) in [5.74, 6) is 0.130. The zero-order valence-electron chi connectivity index (χ0n) is 17.7. The van der Waals surface area contributed by atoms with E-state index in [1.807, 2.05) is 6.07 Å². The zero-order valence-corrected chi connectivity index (χ0v) is 17.7. The number of carbonyl (C=O) groups excluding carboxylic acids is 1. The number of hydrogen-bond acceptors (Lipinski definition) is 7. The minimum atomic E-state index is -0.457. The molecule has 3 heterocycles. The highest BCUT2D eigenvalue weighted by Gasteiger charge is 2.14. The molecule has 1 aromatic carbocycles. The molecular weight excluding hydrogens is 416 g/mol. The lowest BCUT2D eigenvalue weighted by Gasteiger charge is -2.08. The standard InChI is InChI=1S/C21H22N6O5/c1-25-18-17(20(30)26(2)21(25)31)27(12-22-18)10-11-32-16(28)9-5-8-15-23-14-7-4-3-6-13(14)19(29)24-15/h3-4,6-7,12H,5,8-11H2,1-2H3,(H,23,24,29). The van der Waals surface area contributed by atoms with Gasteiger partial charge in [-0.25, -0.2) is 14.8 Å². The van der Waals surface area contributed by atoms with Gasteiger partial charge in [0, 0.05) is 26.9 Å². The number of H-pyrrole nitrogens is 1. The average Bonchev–Trinajstić information content (AvgIpc) is 3.20. The van der Waals surface area contributed by atoms with E-state index in [1.165, 1.54) is 17.9 Å². The largest absolute Gasteiger partial charge is 0.464 e. The van der Waals surface area contributed by atoms with Crippen LogP contribution in [0, 0.1) is 0 Å². The molecule has 0 unspecified atom stereocenters. The van der Waals surface area contributed by atoms with Crippen LogP contribution in [-0.4, -0.2) is 41.2 Å². The summed E-state index contributed by atoms with van der Waals surface area (Å²) >= 11 is 0. The lowest BCUT2D eigenvalue weighted by Crippen LogP contribution is -2.37. The van der Waals surface area contributed by atoms with Gasteiger partial charge in [-0.15, -0.1) is 0 Å². The summed E-state index contributed by atoms with van der Waals surface area (Å²) < 4.78 is 9.13. The molecule has 11 heteroatoms. The summed E-state index contributed by atoms with van der Waals surface area (Å²) in [5, 5.41) is 0.526. The van der Waals surface area contributed by atoms with Crippen LogP contribution in [0.3, 0.4) is 0 Å². The van der Waals surface area contributed by atoms with Gasteiger partial charge in [-0.1, -0.05) is 12.1 Å². The van der Waals surface area contributed by atoms with Gasteiger partial charge in [0.25, 0.3) is 11.1 Å². The Bertz CT molecular complexity index is 1490. The molecule has 166 valence electrons. The summed E-state index contributed by atoms with van der Waals surface area (Å²) in [4.78, 5) is 59.8. The Morgan fingerprint density at radius 3 is 2.72 bits per heavy atom. The van der Waals surface area contributed by atoms with Crippen molar-refractivity contribution < 1.29 is 9.53 Å². The summed E-state index contributed by atoms with van der Waals surface area (Å²) in [6.07, 6.45) is 2.51. The topological polar surface area (TPSA) is 134 Å².